The smallest absolute Gasteiger partial charge is 0.332 e. The number of rotatable bonds is 7. The molecule has 0 spiro atoms. The fourth-order valence-electron chi connectivity index (χ4n) is 5.36. The minimum absolute atomic E-state index is 0.0257. The summed E-state index contributed by atoms with van der Waals surface area (Å²) in [5, 5.41) is 9.14. The van der Waals surface area contributed by atoms with Crippen molar-refractivity contribution in [1.82, 2.24) is 18.9 Å². The predicted molar refractivity (Wildman–Crippen MR) is 133 cm³/mol. The van der Waals surface area contributed by atoms with Crippen molar-refractivity contribution in [2.24, 2.45) is 0 Å². The van der Waals surface area contributed by atoms with Crippen LogP contribution < -0.4 is 10.4 Å². The number of benzene rings is 2. The van der Waals surface area contributed by atoms with Gasteiger partial charge in [0.2, 0.25) is 0 Å². The second-order valence-electron chi connectivity index (χ2n) is 9.33. The summed E-state index contributed by atoms with van der Waals surface area (Å²) in [6, 6.07) is 18.2. The van der Waals surface area contributed by atoms with E-state index >= 15 is 0 Å². The molecule has 0 bridgehead atoms. The minimum atomic E-state index is 0.0257. The van der Waals surface area contributed by atoms with E-state index in [0.29, 0.717) is 6.04 Å². The van der Waals surface area contributed by atoms with E-state index in [-0.39, 0.29) is 18.3 Å². The lowest BCUT2D eigenvalue weighted by molar-refractivity contribution is 0.0632. The van der Waals surface area contributed by atoms with Crippen molar-refractivity contribution in [2.75, 3.05) is 39.3 Å². The van der Waals surface area contributed by atoms with E-state index in [0.717, 1.165) is 75.6 Å². The molecule has 180 valence electrons. The quantitative estimate of drug-likeness (QED) is 0.582. The van der Waals surface area contributed by atoms with Crippen molar-refractivity contribution in [3.63, 3.8) is 0 Å². The van der Waals surface area contributed by atoms with E-state index in [1.807, 2.05) is 71.6 Å². The van der Waals surface area contributed by atoms with Crippen molar-refractivity contribution in [2.45, 2.75) is 37.8 Å². The Kier molecular flexibility index (Phi) is 7.13. The van der Waals surface area contributed by atoms with Crippen molar-refractivity contribution in [1.29, 1.82) is 0 Å². The molecule has 2 aromatic carbocycles. The number of ether oxygens (including phenoxy) is 1. The number of aliphatic hydroxyl groups is 1. The molecule has 2 aliphatic rings. The molecule has 7 heteroatoms. The maximum absolute atomic E-state index is 13.2. The zero-order valence-corrected chi connectivity index (χ0v) is 19.6. The molecule has 0 radical (unpaired) electrons. The SMILES string of the molecule is O=c1n(-c2ccc(Oc3ccccc3)cc2)ccn1C1CCC(N2CCN(CCO)CC2)CC1. The van der Waals surface area contributed by atoms with E-state index in [1.165, 1.54) is 0 Å². The Morgan fingerprint density at radius 3 is 2.12 bits per heavy atom. The molecule has 0 unspecified atom stereocenters. The summed E-state index contributed by atoms with van der Waals surface area (Å²) in [6.07, 6.45) is 8.16. The number of hydrogen-bond donors (Lipinski definition) is 1. The van der Waals surface area contributed by atoms with Gasteiger partial charge in [-0.1, -0.05) is 18.2 Å². The van der Waals surface area contributed by atoms with E-state index in [2.05, 4.69) is 9.80 Å². The number of hydrogen-bond acceptors (Lipinski definition) is 5. The summed E-state index contributed by atoms with van der Waals surface area (Å²) in [5.74, 6) is 1.54. The summed E-state index contributed by atoms with van der Waals surface area (Å²) in [5.41, 5.74) is 0.872. The highest BCUT2D eigenvalue weighted by atomic mass is 16.5. The first-order chi connectivity index (χ1) is 16.7. The zero-order valence-electron chi connectivity index (χ0n) is 19.6. The van der Waals surface area contributed by atoms with Crippen molar-refractivity contribution in [3.8, 4) is 17.2 Å². The fraction of sp³-hybridized carbons (Fsp3) is 0.444. The molecule has 1 aliphatic heterocycles. The molecular weight excluding hydrogens is 428 g/mol. The molecule has 5 rings (SSSR count). The lowest BCUT2D eigenvalue weighted by Gasteiger charge is -2.42. The van der Waals surface area contributed by atoms with Crippen LogP contribution in [0.2, 0.25) is 0 Å². The number of β-amino-alcohol motifs (C(OH)–C–C–N with tert-alkyl or cyclic N) is 1. The number of aliphatic hydroxyl groups excluding tert-OH is 1. The second-order valence-corrected chi connectivity index (χ2v) is 9.33. The molecule has 0 atom stereocenters. The molecular formula is C27H34N4O3. The van der Waals surface area contributed by atoms with Gasteiger partial charge < -0.3 is 9.84 Å². The Labute approximate surface area is 200 Å². The van der Waals surface area contributed by atoms with Gasteiger partial charge in [0.15, 0.2) is 0 Å². The number of piperazine rings is 1. The standard InChI is InChI=1S/C27H34N4O3/c32-21-20-28-14-16-29(17-15-28)22-6-8-23(9-7-22)30-18-19-31(27(30)33)24-10-12-26(13-11-24)34-25-4-2-1-3-5-25/h1-5,10-13,18-19,22-23,32H,6-9,14-17,20-21H2. The van der Waals surface area contributed by atoms with Gasteiger partial charge in [0.05, 0.1) is 12.3 Å². The summed E-state index contributed by atoms with van der Waals surface area (Å²) in [4.78, 5) is 18.1. The van der Waals surface area contributed by atoms with Gasteiger partial charge in [-0.15, -0.1) is 0 Å². The van der Waals surface area contributed by atoms with Crippen LogP contribution in [0, 0.1) is 0 Å². The summed E-state index contributed by atoms with van der Waals surface area (Å²) in [6.45, 7) is 5.26. The molecule has 1 saturated carbocycles. The van der Waals surface area contributed by atoms with Gasteiger partial charge in [0, 0.05) is 57.2 Å². The first kappa shape index (κ1) is 22.9. The summed E-state index contributed by atoms with van der Waals surface area (Å²) < 4.78 is 9.51. The third kappa shape index (κ3) is 5.12. The van der Waals surface area contributed by atoms with Gasteiger partial charge in [0.1, 0.15) is 11.5 Å². The number of para-hydroxylation sites is 1. The second kappa shape index (κ2) is 10.6. The van der Waals surface area contributed by atoms with Crippen molar-refractivity contribution < 1.29 is 9.84 Å². The molecule has 7 nitrogen and oxygen atoms in total. The molecule has 1 aromatic heterocycles. The van der Waals surface area contributed by atoms with E-state index in [1.54, 1.807) is 4.57 Å². The first-order valence-electron chi connectivity index (χ1n) is 12.4. The molecule has 2 fully saturated rings. The Balaban J connectivity index is 1.18. The molecule has 3 aromatic rings. The van der Waals surface area contributed by atoms with Crippen LogP contribution in [0.3, 0.4) is 0 Å². The van der Waals surface area contributed by atoms with Gasteiger partial charge in [-0.2, -0.15) is 0 Å². The normalized spacial score (nSPS) is 22.0. The topological polar surface area (TPSA) is 62.9 Å². The number of aromatic nitrogens is 2. The largest absolute Gasteiger partial charge is 0.457 e. The van der Waals surface area contributed by atoms with Gasteiger partial charge in [-0.25, -0.2) is 4.79 Å². The predicted octanol–water partition coefficient (Wildman–Crippen LogP) is 3.52. The average molecular weight is 463 g/mol. The van der Waals surface area contributed by atoms with Crippen molar-refractivity contribution >= 4 is 0 Å². The van der Waals surface area contributed by atoms with Gasteiger partial charge in [0.25, 0.3) is 0 Å². The van der Waals surface area contributed by atoms with Crippen LogP contribution >= 0.6 is 0 Å². The van der Waals surface area contributed by atoms with Crippen LogP contribution in [0.15, 0.2) is 71.8 Å². The van der Waals surface area contributed by atoms with Crippen LogP contribution in [0.1, 0.15) is 31.7 Å². The third-order valence-corrected chi connectivity index (χ3v) is 7.30. The Morgan fingerprint density at radius 1 is 0.794 bits per heavy atom. The molecule has 2 heterocycles. The highest BCUT2D eigenvalue weighted by Gasteiger charge is 2.29. The average Bonchev–Trinajstić information content (AvgIpc) is 3.27. The zero-order chi connectivity index (χ0) is 23.3. The van der Waals surface area contributed by atoms with E-state index < -0.39 is 0 Å². The summed E-state index contributed by atoms with van der Waals surface area (Å²) >= 11 is 0. The lowest BCUT2D eigenvalue weighted by atomic mass is 9.89. The van der Waals surface area contributed by atoms with Crippen LogP contribution in [0.5, 0.6) is 11.5 Å². The maximum Gasteiger partial charge on any atom is 0.332 e. The lowest BCUT2D eigenvalue weighted by Crippen LogP contribution is -2.51. The molecule has 34 heavy (non-hydrogen) atoms. The number of imidazole rings is 1. The Morgan fingerprint density at radius 2 is 1.44 bits per heavy atom. The van der Waals surface area contributed by atoms with Crippen LogP contribution in [0.25, 0.3) is 5.69 Å². The number of nitrogens with zero attached hydrogens (tertiary/aromatic N) is 4. The van der Waals surface area contributed by atoms with Gasteiger partial charge in [-0.05, 0) is 62.1 Å². The highest BCUT2D eigenvalue weighted by Crippen LogP contribution is 2.31. The monoisotopic (exact) mass is 462 g/mol. The van der Waals surface area contributed by atoms with Gasteiger partial charge >= 0.3 is 5.69 Å². The maximum atomic E-state index is 13.2. The Hall–Kier alpha value is -2.87. The first-order valence-corrected chi connectivity index (χ1v) is 12.4. The van der Waals surface area contributed by atoms with Crippen LogP contribution in [-0.2, 0) is 0 Å². The third-order valence-electron chi connectivity index (χ3n) is 7.30. The highest BCUT2D eigenvalue weighted by molar-refractivity contribution is 5.39. The molecule has 1 saturated heterocycles. The van der Waals surface area contributed by atoms with Gasteiger partial charge in [-0.3, -0.25) is 18.9 Å². The molecule has 1 N–H and O–H groups in total. The van der Waals surface area contributed by atoms with Crippen molar-refractivity contribution in [3.05, 3.63) is 77.5 Å². The van der Waals surface area contributed by atoms with E-state index in [4.69, 9.17) is 9.84 Å². The Bertz CT molecular complexity index is 1090. The van der Waals surface area contributed by atoms with Crippen LogP contribution in [-0.4, -0.2) is 69.4 Å². The molecule has 0 amide bonds. The van der Waals surface area contributed by atoms with E-state index in [9.17, 15) is 4.79 Å². The fourth-order valence-corrected chi connectivity index (χ4v) is 5.36. The molecule has 1 aliphatic carbocycles. The van der Waals surface area contributed by atoms with Crippen LogP contribution in [0.4, 0.5) is 0 Å². The summed E-state index contributed by atoms with van der Waals surface area (Å²) in [7, 11) is 0. The minimum Gasteiger partial charge on any atom is -0.457 e.